The van der Waals surface area contributed by atoms with Crippen molar-refractivity contribution in [2.75, 3.05) is 23.0 Å². The van der Waals surface area contributed by atoms with Crippen LogP contribution in [0, 0.1) is 6.92 Å². The Morgan fingerprint density at radius 1 is 1.50 bits per heavy atom. The number of anilines is 1. The number of carbonyl (C=O) groups is 1. The lowest BCUT2D eigenvalue weighted by Crippen LogP contribution is -2.47. The topological polar surface area (TPSA) is 67.3 Å². The predicted molar refractivity (Wildman–Crippen MR) is 69.8 cm³/mol. The van der Waals surface area contributed by atoms with E-state index in [2.05, 4.69) is 4.98 Å². The number of carbonyl (C=O) groups excluding carboxylic acids is 1. The molecule has 2 rings (SSSR count). The van der Waals surface area contributed by atoms with Gasteiger partial charge in [-0.3, -0.25) is 4.79 Å². The quantitative estimate of drug-likeness (QED) is 0.743. The fourth-order valence-electron chi connectivity index (χ4n) is 2.27. The molecule has 0 saturated carbocycles. The van der Waals surface area contributed by atoms with Gasteiger partial charge in [0, 0.05) is 24.3 Å². The standard InChI is InChI=1S/C12H16N2O3S/c1-9-5-11(7-15)6-13-12(9)14-3-4-18(16,17)8-10(14)2/h5-7,10H,3-4,8H2,1-2H3. The molecule has 2 heterocycles. The third-order valence-electron chi connectivity index (χ3n) is 3.15. The molecule has 1 aromatic rings. The molecular weight excluding hydrogens is 252 g/mol. The average molecular weight is 268 g/mol. The van der Waals surface area contributed by atoms with Crippen molar-refractivity contribution in [3.63, 3.8) is 0 Å². The van der Waals surface area contributed by atoms with Crippen molar-refractivity contribution in [3.05, 3.63) is 23.4 Å². The van der Waals surface area contributed by atoms with Crippen LogP contribution in [0.3, 0.4) is 0 Å². The predicted octanol–water partition coefficient (Wildman–Crippen LogP) is 0.826. The minimum absolute atomic E-state index is 0.0861. The van der Waals surface area contributed by atoms with Crippen LogP contribution in [0.1, 0.15) is 22.8 Å². The number of hydrogen-bond donors (Lipinski definition) is 0. The number of aromatic nitrogens is 1. The van der Waals surface area contributed by atoms with Crippen molar-refractivity contribution in [3.8, 4) is 0 Å². The highest BCUT2D eigenvalue weighted by Crippen LogP contribution is 2.23. The molecule has 1 unspecified atom stereocenters. The second-order valence-corrected chi connectivity index (χ2v) is 6.91. The van der Waals surface area contributed by atoms with Crippen LogP contribution in [0.2, 0.25) is 0 Å². The lowest BCUT2D eigenvalue weighted by molar-refractivity contribution is 0.112. The van der Waals surface area contributed by atoms with Gasteiger partial charge in [0.25, 0.3) is 0 Å². The zero-order chi connectivity index (χ0) is 13.3. The van der Waals surface area contributed by atoms with E-state index in [4.69, 9.17) is 0 Å². The van der Waals surface area contributed by atoms with Gasteiger partial charge < -0.3 is 4.90 Å². The molecule has 1 fully saturated rings. The van der Waals surface area contributed by atoms with Crippen LogP contribution in [0.5, 0.6) is 0 Å². The number of aldehydes is 1. The van der Waals surface area contributed by atoms with E-state index in [0.29, 0.717) is 12.1 Å². The van der Waals surface area contributed by atoms with Gasteiger partial charge in [0.1, 0.15) is 5.82 Å². The van der Waals surface area contributed by atoms with Gasteiger partial charge in [-0.1, -0.05) is 0 Å². The third kappa shape index (κ3) is 2.53. The highest BCUT2D eigenvalue weighted by Gasteiger charge is 2.29. The van der Waals surface area contributed by atoms with E-state index in [1.807, 2.05) is 18.7 Å². The summed E-state index contributed by atoms with van der Waals surface area (Å²) in [6.07, 6.45) is 2.28. The smallest absolute Gasteiger partial charge is 0.154 e. The van der Waals surface area contributed by atoms with Gasteiger partial charge in [0.05, 0.1) is 11.5 Å². The van der Waals surface area contributed by atoms with E-state index in [9.17, 15) is 13.2 Å². The molecule has 0 radical (unpaired) electrons. The number of aryl methyl sites for hydroxylation is 1. The third-order valence-corrected chi connectivity index (χ3v) is 4.95. The summed E-state index contributed by atoms with van der Waals surface area (Å²) in [5, 5.41) is 0. The first-order chi connectivity index (χ1) is 8.43. The van der Waals surface area contributed by atoms with E-state index < -0.39 is 9.84 Å². The SMILES string of the molecule is Cc1cc(C=O)cnc1N1CCS(=O)(=O)CC1C. The van der Waals surface area contributed by atoms with Gasteiger partial charge in [-0.25, -0.2) is 13.4 Å². The van der Waals surface area contributed by atoms with Gasteiger partial charge in [-0.2, -0.15) is 0 Å². The fraction of sp³-hybridized carbons (Fsp3) is 0.500. The molecule has 0 bridgehead atoms. The summed E-state index contributed by atoms with van der Waals surface area (Å²) >= 11 is 0. The van der Waals surface area contributed by atoms with Crippen LogP contribution in [0.15, 0.2) is 12.3 Å². The average Bonchev–Trinajstić information content (AvgIpc) is 2.29. The first-order valence-electron chi connectivity index (χ1n) is 5.82. The summed E-state index contributed by atoms with van der Waals surface area (Å²) in [5.41, 5.74) is 1.43. The van der Waals surface area contributed by atoms with E-state index in [0.717, 1.165) is 17.7 Å². The zero-order valence-electron chi connectivity index (χ0n) is 10.5. The van der Waals surface area contributed by atoms with Gasteiger partial charge in [0.2, 0.25) is 0 Å². The molecule has 0 spiro atoms. The van der Waals surface area contributed by atoms with Crippen molar-refractivity contribution >= 4 is 21.9 Å². The number of nitrogens with zero attached hydrogens (tertiary/aromatic N) is 2. The highest BCUT2D eigenvalue weighted by atomic mass is 32.2. The van der Waals surface area contributed by atoms with E-state index in [-0.39, 0.29) is 17.5 Å². The molecule has 1 aromatic heterocycles. The van der Waals surface area contributed by atoms with Gasteiger partial charge in [0.15, 0.2) is 16.1 Å². The van der Waals surface area contributed by atoms with Crippen LogP contribution in [0.4, 0.5) is 5.82 Å². The maximum atomic E-state index is 11.5. The molecule has 18 heavy (non-hydrogen) atoms. The molecule has 1 atom stereocenters. The Labute approximate surface area is 107 Å². The molecule has 0 aliphatic carbocycles. The number of sulfone groups is 1. The number of hydrogen-bond acceptors (Lipinski definition) is 5. The molecule has 0 aromatic carbocycles. The maximum absolute atomic E-state index is 11.5. The minimum atomic E-state index is -2.92. The zero-order valence-corrected chi connectivity index (χ0v) is 11.3. The van der Waals surface area contributed by atoms with Crippen LogP contribution >= 0.6 is 0 Å². The van der Waals surface area contributed by atoms with Crippen LogP contribution in [-0.2, 0) is 9.84 Å². The lowest BCUT2D eigenvalue weighted by atomic mass is 10.2. The van der Waals surface area contributed by atoms with E-state index >= 15 is 0 Å². The Hall–Kier alpha value is -1.43. The molecule has 6 heteroatoms. The molecule has 98 valence electrons. The van der Waals surface area contributed by atoms with Gasteiger partial charge in [-0.05, 0) is 25.5 Å². The van der Waals surface area contributed by atoms with Crippen molar-refractivity contribution in [1.82, 2.24) is 4.98 Å². The van der Waals surface area contributed by atoms with Crippen molar-refractivity contribution in [2.24, 2.45) is 0 Å². The first kappa shape index (κ1) is 13.0. The second kappa shape index (κ2) is 4.68. The van der Waals surface area contributed by atoms with Crippen molar-refractivity contribution < 1.29 is 13.2 Å². The Kier molecular flexibility index (Phi) is 3.38. The van der Waals surface area contributed by atoms with Crippen molar-refractivity contribution in [2.45, 2.75) is 19.9 Å². The first-order valence-corrected chi connectivity index (χ1v) is 7.64. The Morgan fingerprint density at radius 2 is 2.22 bits per heavy atom. The van der Waals surface area contributed by atoms with E-state index in [1.165, 1.54) is 6.20 Å². The largest absolute Gasteiger partial charge is 0.352 e. The van der Waals surface area contributed by atoms with Gasteiger partial charge in [-0.15, -0.1) is 0 Å². The molecule has 5 nitrogen and oxygen atoms in total. The lowest BCUT2D eigenvalue weighted by Gasteiger charge is -2.35. The van der Waals surface area contributed by atoms with Crippen LogP contribution < -0.4 is 4.90 Å². The molecule has 0 amide bonds. The fourth-order valence-corrected chi connectivity index (χ4v) is 3.82. The summed E-state index contributed by atoms with van der Waals surface area (Å²) in [4.78, 5) is 16.9. The summed E-state index contributed by atoms with van der Waals surface area (Å²) in [5.74, 6) is 1.08. The molecular formula is C12H16N2O3S. The molecule has 1 aliphatic rings. The molecule has 1 saturated heterocycles. The summed E-state index contributed by atoms with van der Waals surface area (Å²) < 4.78 is 23.1. The molecule has 0 N–H and O–H groups in total. The minimum Gasteiger partial charge on any atom is -0.352 e. The summed E-state index contributed by atoms with van der Waals surface area (Å²) in [7, 11) is -2.92. The highest BCUT2D eigenvalue weighted by molar-refractivity contribution is 7.91. The monoisotopic (exact) mass is 268 g/mol. The Morgan fingerprint density at radius 3 is 2.78 bits per heavy atom. The number of pyridine rings is 1. The van der Waals surface area contributed by atoms with E-state index in [1.54, 1.807) is 6.07 Å². The maximum Gasteiger partial charge on any atom is 0.154 e. The normalized spacial score (nSPS) is 22.8. The van der Waals surface area contributed by atoms with Gasteiger partial charge >= 0.3 is 0 Å². The van der Waals surface area contributed by atoms with Crippen LogP contribution in [0.25, 0.3) is 0 Å². The Bertz CT molecular complexity index is 569. The summed E-state index contributed by atoms with van der Waals surface area (Å²) in [6, 6.07) is 1.68. The van der Waals surface area contributed by atoms with Crippen LogP contribution in [-0.4, -0.2) is 43.8 Å². The molecule has 1 aliphatic heterocycles. The number of rotatable bonds is 2. The van der Waals surface area contributed by atoms with Crippen molar-refractivity contribution in [1.29, 1.82) is 0 Å². The Balaban J connectivity index is 2.30. The summed E-state index contributed by atoms with van der Waals surface area (Å²) in [6.45, 7) is 4.22. The second-order valence-electron chi connectivity index (χ2n) is 4.68.